The van der Waals surface area contributed by atoms with Crippen molar-refractivity contribution in [1.82, 2.24) is 9.03 Å². The molecular formula is C18H22N2O5S2. The standard InChI is InChI=1S/C18H22N2O5S2/c1-3-20(4-2)27(24,25)19-18(21)16-12-10-15(11-13-16)14-26(22,23)17-8-6-5-7-9-17/h5-13H,3-4,14H2,1-2H3,(H,19,21). The Balaban J connectivity index is 2.12. The van der Waals surface area contributed by atoms with E-state index in [1.807, 2.05) is 4.72 Å². The number of benzene rings is 2. The molecule has 9 heteroatoms. The lowest BCUT2D eigenvalue weighted by Crippen LogP contribution is -2.43. The molecule has 0 saturated carbocycles. The van der Waals surface area contributed by atoms with Crippen molar-refractivity contribution in [3.63, 3.8) is 0 Å². The maximum atomic E-state index is 12.4. The smallest absolute Gasteiger partial charge is 0.268 e. The zero-order valence-electron chi connectivity index (χ0n) is 15.1. The second kappa shape index (κ2) is 8.64. The van der Waals surface area contributed by atoms with Gasteiger partial charge >= 0.3 is 10.2 Å². The SMILES string of the molecule is CCN(CC)S(=O)(=O)NC(=O)c1ccc(CS(=O)(=O)c2ccccc2)cc1. The van der Waals surface area contributed by atoms with Gasteiger partial charge in [0.2, 0.25) is 0 Å². The van der Waals surface area contributed by atoms with Crippen LogP contribution in [0.1, 0.15) is 29.8 Å². The fraction of sp³-hybridized carbons (Fsp3) is 0.278. The highest BCUT2D eigenvalue weighted by Gasteiger charge is 2.22. The first-order valence-corrected chi connectivity index (χ1v) is 11.5. The highest BCUT2D eigenvalue weighted by Crippen LogP contribution is 2.16. The number of sulfone groups is 1. The van der Waals surface area contributed by atoms with Gasteiger partial charge in [-0.2, -0.15) is 12.7 Å². The summed E-state index contributed by atoms with van der Waals surface area (Å²) in [6, 6.07) is 13.9. The molecule has 0 atom stereocenters. The van der Waals surface area contributed by atoms with Crippen molar-refractivity contribution in [2.75, 3.05) is 13.1 Å². The molecule has 2 aromatic carbocycles. The molecular weight excluding hydrogens is 388 g/mol. The molecule has 0 radical (unpaired) electrons. The minimum absolute atomic E-state index is 0.131. The third-order valence-electron chi connectivity index (χ3n) is 3.94. The van der Waals surface area contributed by atoms with Gasteiger partial charge in [-0.1, -0.05) is 44.2 Å². The van der Waals surface area contributed by atoms with Crippen LogP contribution in [0.3, 0.4) is 0 Å². The Kier molecular flexibility index (Phi) is 6.74. The number of carbonyl (C=O) groups excluding carboxylic acids is 1. The highest BCUT2D eigenvalue weighted by molar-refractivity contribution is 7.90. The first kappa shape index (κ1) is 21.1. The molecule has 0 aliphatic rings. The fourth-order valence-electron chi connectivity index (χ4n) is 2.49. The Labute approximate surface area is 160 Å². The van der Waals surface area contributed by atoms with Crippen LogP contribution < -0.4 is 4.72 Å². The van der Waals surface area contributed by atoms with Crippen LogP contribution in [0.15, 0.2) is 59.5 Å². The van der Waals surface area contributed by atoms with E-state index < -0.39 is 26.0 Å². The van der Waals surface area contributed by atoms with E-state index in [9.17, 15) is 21.6 Å². The van der Waals surface area contributed by atoms with E-state index in [1.165, 1.54) is 36.4 Å². The molecule has 27 heavy (non-hydrogen) atoms. The third kappa shape index (κ3) is 5.38. The maximum absolute atomic E-state index is 12.4. The number of rotatable bonds is 8. The summed E-state index contributed by atoms with van der Waals surface area (Å²) in [7, 11) is -7.40. The summed E-state index contributed by atoms with van der Waals surface area (Å²) in [6.45, 7) is 3.84. The van der Waals surface area contributed by atoms with Crippen LogP contribution in [0.5, 0.6) is 0 Å². The molecule has 0 aromatic heterocycles. The number of hydrogen-bond acceptors (Lipinski definition) is 5. The molecule has 0 aliphatic heterocycles. The van der Waals surface area contributed by atoms with Crippen LogP contribution >= 0.6 is 0 Å². The Morgan fingerprint density at radius 2 is 1.44 bits per heavy atom. The average molecular weight is 411 g/mol. The molecule has 1 amide bonds. The van der Waals surface area contributed by atoms with Crippen LogP contribution in [0.25, 0.3) is 0 Å². The van der Waals surface area contributed by atoms with Gasteiger partial charge in [-0.15, -0.1) is 0 Å². The zero-order valence-corrected chi connectivity index (χ0v) is 16.8. The number of nitrogens with zero attached hydrogens (tertiary/aromatic N) is 1. The van der Waals surface area contributed by atoms with Crippen molar-refractivity contribution in [2.45, 2.75) is 24.5 Å². The van der Waals surface area contributed by atoms with E-state index in [4.69, 9.17) is 0 Å². The van der Waals surface area contributed by atoms with Gasteiger partial charge in [-0.25, -0.2) is 13.1 Å². The first-order valence-electron chi connectivity index (χ1n) is 8.38. The van der Waals surface area contributed by atoms with Crippen LogP contribution in [0.4, 0.5) is 0 Å². The Hall–Kier alpha value is -2.23. The molecule has 146 valence electrons. The average Bonchev–Trinajstić information content (AvgIpc) is 2.63. The number of carbonyl (C=O) groups is 1. The van der Waals surface area contributed by atoms with E-state index in [-0.39, 0.29) is 29.3 Å². The van der Waals surface area contributed by atoms with Crippen LogP contribution in [0, 0.1) is 0 Å². The van der Waals surface area contributed by atoms with Crippen molar-refractivity contribution in [2.24, 2.45) is 0 Å². The summed E-state index contributed by atoms with van der Waals surface area (Å²) in [5, 5.41) is 0. The van der Waals surface area contributed by atoms with Crippen molar-refractivity contribution >= 4 is 26.0 Å². The summed E-state index contributed by atoms with van der Waals surface area (Å²) in [6.07, 6.45) is 0. The van der Waals surface area contributed by atoms with Crippen LogP contribution in [-0.4, -0.2) is 40.1 Å². The second-order valence-electron chi connectivity index (χ2n) is 5.79. The second-order valence-corrected chi connectivity index (χ2v) is 9.45. The monoisotopic (exact) mass is 410 g/mol. The molecule has 2 aromatic rings. The first-order chi connectivity index (χ1) is 12.7. The normalized spacial score (nSPS) is 12.1. The number of nitrogens with one attached hydrogen (secondary N) is 1. The van der Waals surface area contributed by atoms with E-state index in [0.717, 1.165) is 4.31 Å². The van der Waals surface area contributed by atoms with Crippen LogP contribution in [0.2, 0.25) is 0 Å². The summed E-state index contributed by atoms with van der Waals surface area (Å²) >= 11 is 0. The molecule has 0 heterocycles. The summed E-state index contributed by atoms with van der Waals surface area (Å²) in [5.41, 5.74) is 0.633. The topological polar surface area (TPSA) is 101 Å². The van der Waals surface area contributed by atoms with Gasteiger partial charge in [-0.05, 0) is 29.8 Å². The van der Waals surface area contributed by atoms with Crippen molar-refractivity contribution in [3.05, 3.63) is 65.7 Å². The predicted octanol–water partition coefficient (Wildman–Crippen LogP) is 1.98. The van der Waals surface area contributed by atoms with Gasteiger partial charge in [0.25, 0.3) is 5.91 Å². The van der Waals surface area contributed by atoms with Gasteiger partial charge in [0.1, 0.15) is 0 Å². The predicted molar refractivity (Wildman–Crippen MR) is 103 cm³/mol. The lowest BCUT2D eigenvalue weighted by Gasteiger charge is -2.18. The van der Waals surface area contributed by atoms with Crippen molar-refractivity contribution < 1.29 is 21.6 Å². The van der Waals surface area contributed by atoms with Gasteiger partial charge in [-0.3, -0.25) is 4.79 Å². The maximum Gasteiger partial charge on any atom is 0.304 e. The quantitative estimate of drug-likeness (QED) is 0.717. The van der Waals surface area contributed by atoms with Crippen molar-refractivity contribution in [3.8, 4) is 0 Å². The molecule has 0 fully saturated rings. The summed E-state index contributed by atoms with van der Waals surface area (Å²) in [5.74, 6) is -0.976. The molecule has 0 bridgehead atoms. The lowest BCUT2D eigenvalue weighted by atomic mass is 10.1. The fourth-order valence-corrected chi connectivity index (χ4v) is 5.02. The van der Waals surface area contributed by atoms with Gasteiger partial charge in [0, 0.05) is 18.7 Å². The summed E-state index contributed by atoms with van der Waals surface area (Å²) in [4.78, 5) is 12.4. The molecule has 0 aliphatic carbocycles. The molecule has 0 spiro atoms. The van der Waals surface area contributed by atoms with Gasteiger partial charge < -0.3 is 0 Å². The number of hydrogen-bond donors (Lipinski definition) is 1. The molecule has 2 rings (SSSR count). The minimum atomic E-state index is -3.91. The van der Waals surface area contributed by atoms with E-state index in [1.54, 1.807) is 32.0 Å². The Bertz CT molecular complexity index is 982. The van der Waals surface area contributed by atoms with Gasteiger partial charge in [0.15, 0.2) is 9.84 Å². The van der Waals surface area contributed by atoms with E-state index in [2.05, 4.69) is 0 Å². The Morgan fingerprint density at radius 1 is 0.889 bits per heavy atom. The highest BCUT2D eigenvalue weighted by atomic mass is 32.2. The minimum Gasteiger partial charge on any atom is -0.268 e. The van der Waals surface area contributed by atoms with E-state index in [0.29, 0.717) is 5.56 Å². The van der Waals surface area contributed by atoms with Crippen molar-refractivity contribution in [1.29, 1.82) is 0 Å². The number of amides is 1. The zero-order chi connectivity index (χ0) is 20.1. The third-order valence-corrected chi connectivity index (χ3v) is 7.29. The molecule has 0 unspecified atom stereocenters. The summed E-state index contributed by atoms with van der Waals surface area (Å²) < 4.78 is 52.1. The molecule has 0 saturated heterocycles. The molecule has 1 N–H and O–H groups in total. The largest absolute Gasteiger partial charge is 0.304 e. The van der Waals surface area contributed by atoms with Crippen LogP contribution in [-0.2, 0) is 25.8 Å². The van der Waals surface area contributed by atoms with E-state index >= 15 is 0 Å². The Morgan fingerprint density at radius 3 is 1.96 bits per heavy atom. The lowest BCUT2D eigenvalue weighted by molar-refractivity contribution is 0.0979. The van der Waals surface area contributed by atoms with Gasteiger partial charge in [0.05, 0.1) is 10.6 Å². The molecule has 7 nitrogen and oxygen atoms in total.